The van der Waals surface area contributed by atoms with Crippen LogP contribution in [0.3, 0.4) is 0 Å². The first-order valence-corrected chi connectivity index (χ1v) is 9.00. The molecule has 1 atom stereocenters. The van der Waals surface area contributed by atoms with Gasteiger partial charge in [0.05, 0.1) is 22.9 Å². The van der Waals surface area contributed by atoms with Crippen molar-refractivity contribution in [1.29, 1.82) is 0 Å². The van der Waals surface area contributed by atoms with E-state index < -0.39 is 5.82 Å². The smallest absolute Gasteiger partial charge is 0.317 e. The highest BCUT2D eigenvalue weighted by molar-refractivity contribution is 6.31. The largest absolute Gasteiger partial charge is 0.322 e. The highest BCUT2D eigenvalue weighted by Gasteiger charge is 2.34. The van der Waals surface area contributed by atoms with Crippen LogP contribution < -0.4 is 5.32 Å². The van der Waals surface area contributed by atoms with Gasteiger partial charge in [-0.3, -0.25) is 5.10 Å². The van der Waals surface area contributed by atoms with Crippen LogP contribution in [0.5, 0.6) is 0 Å². The standard InChI is InChI=1S/C18H20ClFN4O/c1-10-8-15-12(17(23-22-15)11-4-2-5-11)9-24(10)18(25)21-14-7-3-6-13(19)16(14)20/h3,6-7,10-11H,2,4-5,8-9H2,1H3,(H,21,25)(H,22,23). The summed E-state index contributed by atoms with van der Waals surface area (Å²) >= 11 is 5.79. The third-order valence-corrected chi connectivity index (χ3v) is 5.58. The second-order valence-electron chi connectivity index (χ2n) is 6.91. The van der Waals surface area contributed by atoms with Crippen LogP contribution in [-0.2, 0) is 13.0 Å². The fourth-order valence-corrected chi connectivity index (χ4v) is 3.75. The van der Waals surface area contributed by atoms with Gasteiger partial charge in [-0.25, -0.2) is 9.18 Å². The van der Waals surface area contributed by atoms with E-state index in [1.807, 2.05) is 6.92 Å². The van der Waals surface area contributed by atoms with E-state index in [1.165, 1.54) is 18.6 Å². The van der Waals surface area contributed by atoms with E-state index in [1.54, 1.807) is 11.0 Å². The first-order chi connectivity index (χ1) is 12.0. The van der Waals surface area contributed by atoms with Crippen LogP contribution in [0.2, 0.25) is 5.02 Å². The summed E-state index contributed by atoms with van der Waals surface area (Å²) in [6.07, 6.45) is 4.28. The molecular weight excluding hydrogens is 343 g/mol. The molecule has 4 rings (SSSR count). The molecule has 2 aromatic rings. The number of aromatic nitrogens is 2. The maximum Gasteiger partial charge on any atom is 0.322 e. The number of benzene rings is 1. The van der Waals surface area contributed by atoms with Gasteiger partial charge in [-0.2, -0.15) is 5.10 Å². The Kier molecular flexibility index (Phi) is 4.15. The zero-order valence-electron chi connectivity index (χ0n) is 14.0. The number of H-pyrrole nitrogens is 1. The molecule has 5 nitrogen and oxygen atoms in total. The van der Waals surface area contributed by atoms with Crippen LogP contribution in [0.4, 0.5) is 14.9 Å². The molecule has 1 aromatic heterocycles. The number of hydrogen-bond acceptors (Lipinski definition) is 2. The van der Waals surface area contributed by atoms with Gasteiger partial charge in [0.15, 0.2) is 5.82 Å². The van der Waals surface area contributed by atoms with Crippen molar-refractivity contribution in [2.75, 3.05) is 5.32 Å². The second-order valence-corrected chi connectivity index (χ2v) is 7.31. The topological polar surface area (TPSA) is 61.0 Å². The number of urea groups is 1. The van der Waals surface area contributed by atoms with Gasteiger partial charge in [-0.05, 0) is 31.9 Å². The third-order valence-electron chi connectivity index (χ3n) is 5.29. The summed E-state index contributed by atoms with van der Waals surface area (Å²) in [7, 11) is 0. The SMILES string of the molecule is CC1Cc2[nH]nc(C3CCC3)c2CN1C(=O)Nc1cccc(Cl)c1F. The number of amides is 2. The molecule has 0 saturated heterocycles. The predicted octanol–water partition coefficient (Wildman–Crippen LogP) is 4.45. The summed E-state index contributed by atoms with van der Waals surface area (Å²) in [4.78, 5) is 14.4. The average molecular weight is 363 g/mol. The van der Waals surface area contributed by atoms with Gasteiger partial charge in [0.25, 0.3) is 0 Å². The Balaban J connectivity index is 1.55. The Bertz CT molecular complexity index is 817. The summed E-state index contributed by atoms with van der Waals surface area (Å²) in [5, 5.41) is 10.3. The van der Waals surface area contributed by atoms with Crippen molar-refractivity contribution < 1.29 is 9.18 Å². The van der Waals surface area contributed by atoms with Crippen molar-refractivity contribution >= 4 is 23.3 Å². The fraction of sp³-hybridized carbons (Fsp3) is 0.444. The van der Waals surface area contributed by atoms with Gasteiger partial charge in [-0.1, -0.05) is 24.1 Å². The van der Waals surface area contributed by atoms with Crippen LogP contribution in [0.25, 0.3) is 0 Å². The Hall–Kier alpha value is -2.08. The summed E-state index contributed by atoms with van der Waals surface area (Å²) < 4.78 is 14.1. The van der Waals surface area contributed by atoms with Gasteiger partial charge < -0.3 is 10.2 Å². The average Bonchev–Trinajstić information content (AvgIpc) is 2.92. The van der Waals surface area contributed by atoms with E-state index in [-0.39, 0.29) is 22.8 Å². The number of rotatable bonds is 2. The molecule has 0 spiro atoms. The van der Waals surface area contributed by atoms with Crippen LogP contribution in [0.1, 0.15) is 49.1 Å². The molecule has 1 aliphatic carbocycles. The molecule has 132 valence electrons. The molecule has 1 unspecified atom stereocenters. The molecule has 0 bridgehead atoms. The minimum atomic E-state index is -0.610. The first kappa shape index (κ1) is 16.4. The van der Waals surface area contributed by atoms with Crippen molar-refractivity contribution in [1.82, 2.24) is 15.1 Å². The minimum Gasteiger partial charge on any atom is -0.317 e. The Morgan fingerprint density at radius 2 is 2.24 bits per heavy atom. The normalized spacial score (nSPS) is 20.1. The quantitative estimate of drug-likeness (QED) is 0.829. The number of hydrogen-bond donors (Lipinski definition) is 2. The van der Waals surface area contributed by atoms with Crippen LogP contribution in [0, 0.1) is 5.82 Å². The van der Waals surface area contributed by atoms with Gasteiger partial charge in [0, 0.05) is 29.6 Å². The minimum absolute atomic E-state index is 0.00411. The van der Waals surface area contributed by atoms with Gasteiger partial charge >= 0.3 is 6.03 Å². The summed E-state index contributed by atoms with van der Waals surface area (Å²) in [5.41, 5.74) is 3.44. The van der Waals surface area contributed by atoms with Gasteiger partial charge in [0.2, 0.25) is 0 Å². The number of halogens is 2. The molecule has 7 heteroatoms. The molecule has 1 saturated carbocycles. The van der Waals surface area contributed by atoms with Crippen molar-refractivity contribution in [2.45, 2.75) is 51.1 Å². The van der Waals surface area contributed by atoms with Crippen LogP contribution in [-0.4, -0.2) is 27.2 Å². The number of aromatic amines is 1. The molecule has 1 fully saturated rings. The van der Waals surface area contributed by atoms with E-state index in [0.717, 1.165) is 36.2 Å². The lowest BCUT2D eigenvalue weighted by Crippen LogP contribution is -2.45. The number of nitrogens with zero attached hydrogens (tertiary/aromatic N) is 2. The summed E-state index contributed by atoms with van der Waals surface area (Å²) in [5.74, 6) is -0.106. The Labute approximate surface area is 150 Å². The molecule has 2 N–H and O–H groups in total. The molecule has 2 amide bonds. The van der Waals surface area contributed by atoms with E-state index in [4.69, 9.17) is 11.6 Å². The molecule has 25 heavy (non-hydrogen) atoms. The number of anilines is 1. The van der Waals surface area contributed by atoms with E-state index in [9.17, 15) is 9.18 Å². The monoisotopic (exact) mass is 362 g/mol. The zero-order chi connectivity index (χ0) is 17.6. The highest BCUT2D eigenvalue weighted by Crippen LogP contribution is 2.39. The third kappa shape index (κ3) is 2.88. The Morgan fingerprint density at radius 3 is 2.96 bits per heavy atom. The van der Waals surface area contributed by atoms with Crippen molar-refractivity contribution in [3.63, 3.8) is 0 Å². The van der Waals surface area contributed by atoms with Crippen molar-refractivity contribution in [3.05, 3.63) is 46.0 Å². The van der Waals surface area contributed by atoms with E-state index in [0.29, 0.717) is 12.5 Å². The molecule has 1 aliphatic heterocycles. The van der Waals surface area contributed by atoms with Crippen molar-refractivity contribution in [2.24, 2.45) is 0 Å². The van der Waals surface area contributed by atoms with Crippen molar-refractivity contribution in [3.8, 4) is 0 Å². The van der Waals surface area contributed by atoms with E-state index >= 15 is 0 Å². The number of fused-ring (bicyclic) bond motifs is 1. The fourth-order valence-electron chi connectivity index (χ4n) is 3.57. The second kappa shape index (κ2) is 6.33. The molecule has 0 radical (unpaired) electrons. The number of nitrogens with one attached hydrogen (secondary N) is 2. The van der Waals surface area contributed by atoms with Gasteiger partial charge in [-0.15, -0.1) is 0 Å². The van der Waals surface area contributed by atoms with E-state index in [2.05, 4.69) is 15.5 Å². The predicted molar refractivity (Wildman–Crippen MR) is 94.3 cm³/mol. The molecular formula is C18H20ClFN4O. The Morgan fingerprint density at radius 1 is 1.44 bits per heavy atom. The first-order valence-electron chi connectivity index (χ1n) is 8.62. The maximum atomic E-state index is 14.1. The molecule has 1 aromatic carbocycles. The van der Waals surface area contributed by atoms with Crippen LogP contribution >= 0.6 is 11.6 Å². The van der Waals surface area contributed by atoms with Gasteiger partial charge in [0.1, 0.15) is 0 Å². The number of carbonyl (C=O) groups is 1. The zero-order valence-corrected chi connectivity index (χ0v) is 14.7. The summed E-state index contributed by atoms with van der Waals surface area (Å²) in [6.45, 7) is 2.48. The maximum absolute atomic E-state index is 14.1. The highest BCUT2D eigenvalue weighted by atomic mass is 35.5. The lowest BCUT2D eigenvalue weighted by Gasteiger charge is -2.34. The lowest BCUT2D eigenvalue weighted by atomic mass is 9.80. The summed E-state index contributed by atoms with van der Waals surface area (Å²) in [6, 6.07) is 4.27. The lowest BCUT2D eigenvalue weighted by molar-refractivity contribution is 0.181. The van der Waals surface area contributed by atoms with Crippen LogP contribution in [0.15, 0.2) is 18.2 Å². The number of carbonyl (C=O) groups excluding carboxylic acids is 1. The molecule has 2 aliphatic rings. The molecule has 2 heterocycles.